The lowest BCUT2D eigenvalue weighted by Crippen LogP contribution is -2.34. The smallest absolute Gasteiger partial charge is 0.0552 e. The maximum absolute atomic E-state index is 8.70. The molecule has 0 saturated heterocycles. The Morgan fingerprint density at radius 2 is 1.58 bits per heavy atom. The van der Waals surface area contributed by atoms with Crippen LogP contribution in [0.4, 0.5) is 0 Å². The number of nitrogens with two attached hydrogens (primary N) is 2. The molecule has 0 atom stereocenters. The molecule has 0 radical (unpaired) electrons. The van der Waals surface area contributed by atoms with Crippen LogP contribution in [-0.2, 0) is 0 Å². The lowest BCUT2D eigenvalue weighted by atomic mass is 10.4. The molecule has 6 nitrogen and oxygen atoms in total. The summed E-state index contributed by atoms with van der Waals surface area (Å²) in [6.07, 6.45) is 1.45. The topological polar surface area (TPSA) is 101 Å². The van der Waals surface area contributed by atoms with Gasteiger partial charge in [0, 0.05) is 13.1 Å². The van der Waals surface area contributed by atoms with Crippen molar-refractivity contribution in [2.45, 2.75) is 12.8 Å². The molecule has 5 N–H and O–H groups in total. The summed E-state index contributed by atoms with van der Waals surface area (Å²) in [7, 11) is 0. The molecule has 12 heavy (non-hydrogen) atoms. The third-order valence-electron chi connectivity index (χ3n) is 1.49. The summed E-state index contributed by atoms with van der Waals surface area (Å²) in [4.78, 5) is 0.103. The molecule has 0 aliphatic heterocycles. The maximum Gasteiger partial charge on any atom is 0.0552 e. The molecule has 0 aromatic heterocycles. The Morgan fingerprint density at radius 3 is 1.83 bits per heavy atom. The minimum atomic E-state index is 0.103. The normalized spacial score (nSPS) is 9.83. The van der Waals surface area contributed by atoms with Crippen molar-refractivity contribution < 1.29 is 10.2 Å². The maximum atomic E-state index is 8.70. The molecule has 0 saturated carbocycles. The number of hydrogen-bond donors (Lipinski definition) is 3. The van der Waals surface area contributed by atoms with Gasteiger partial charge in [-0.1, -0.05) is 5.53 Å². The van der Waals surface area contributed by atoms with Crippen molar-refractivity contribution in [1.29, 1.82) is 0 Å². The van der Waals surface area contributed by atoms with Crippen LogP contribution in [0.25, 0.3) is 5.53 Å². The zero-order chi connectivity index (χ0) is 9.40. The molecular weight excluding hydrogens is 158 g/mol. The molecule has 0 aliphatic rings. The van der Waals surface area contributed by atoms with Crippen LogP contribution in [0.3, 0.4) is 0 Å². The second-order valence-corrected chi connectivity index (χ2v) is 2.51. The summed E-state index contributed by atoms with van der Waals surface area (Å²) in [5.41, 5.74) is 19.2. The molecule has 0 spiro atoms. The first kappa shape index (κ1) is 11.1. The highest BCUT2D eigenvalue weighted by molar-refractivity contribution is 4.47. The van der Waals surface area contributed by atoms with Crippen LogP contribution < -0.4 is 11.5 Å². The van der Waals surface area contributed by atoms with Crippen molar-refractivity contribution in [3.05, 3.63) is 5.53 Å². The van der Waals surface area contributed by atoms with Crippen molar-refractivity contribution in [3.8, 4) is 0 Å². The average Bonchev–Trinajstić information content (AvgIpc) is 2.04. The van der Waals surface area contributed by atoms with E-state index in [2.05, 4.69) is 0 Å². The van der Waals surface area contributed by atoms with Gasteiger partial charge in [-0.3, -0.25) is 5.21 Å². The molecule has 0 aromatic rings. The first-order valence-corrected chi connectivity index (χ1v) is 4.05. The van der Waals surface area contributed by atoms with Crippen LogP contribution in [0.15, 0.2) is 0 Å². The Balaban J connectivity index is 3.62. The van der Waals surface area contributed by atoms with E-state index in [4.69, 9.17) is 22.2 Å². The molecule has 0 aromatic carbocycles. The van der Waals surface area contributed by atoms with E-state index in [0.717, 1.165) is 12.8 Å². The quantitative estimate of drug-likeness (QED) is 0.271. The molecule has 0 unspecified atom stereocenters. The Kier molecular flexibility index (Phi) is 6.31. The lowest BCUT2D eigenvalue weighted by Gasteiger charge is -2.19. The summed E-state index contributed by atoms with van der Waals surface area (Å²) in [6.45, 7) is 2.13. The van der Waals surface area contributed by atoms with Crippen molar-refractivity contribution in [3.63, 3.8) is 0 Å². The second kappa shape index (κ2) is 6.81. The van der Waals surface area contributed by atoms with Crippen LogP contribution in [0.1, 0.15) is 12.8 Å². The van der Waals surface area contributed by atoms with E-state index < -0.39 is 0 Å². The average molecular weight is 175 g/mol. The molecule has 0 amide bonds. The fourth-order valence-corrected chi connectivity index (χ4v) is 0.838. The first-order chi connectivity index (χ1) is 5.72. The molecule has 72 valence electrons. The zero-order valence-corrected chi connectivity index (χ0v) is 7.19. The summed E-state index contributed by atoms with van der Waals surface area (Å²) < 4.78 is 0. The number of hydrogen-bond acceptors (Lipinski definition) is 2. The van der Waals surface area contributed by atoms with E-state index in [1.165, 1.54) is 5.01 Å². The van der Waals surface area contributed by atoms with Crippen LogP contribution in [0, 0.1) is 0 Å². The fraction of sp³-hybridized carbons (Fsp3) is 1.00. The van der Waals surface area contributed by atoms with Gasteiger partial charge in [0.05, 0.1) is 4.97 Å². The Morgan fingerprint density at radius 1 is 1.17 bits per heavy atom. The summed E-state index contributed by atoms with van der Waals surface area (Å²) >= 11 is 0. The van der Waals surface area contributed by atoms with Crippen molar-refractivity contribution in [1.82, 2.24) is 5.01 Å². The number of hydrazine groups is 1. The highest BCUT2D eigenvalue weighted by atomic mass is 16.5. The highest BCUT2D eigenvalue weighted by Crippen LogP contribution is 1.92. The van der Waals surface area contributed by atoms with Crippen LogP contribution in [-0.4, -0.2) is 41.4 Å². The molecule has 0 bridgehead atoms. The van der Waals surface area contributed by atoms with Gasteiger partial charge in [-0.05, 0) is 25.9 Å². The van der Waals surface area contributed by atoms with E-state index in [0.29, 0.717) is 26.2 Å². The summed E-state index contributed by atoms with van der Waals surface area (Å²) in [5, 5.41) is 10.1. The Hall–Kier alpha value is -0.880. The van der Waals surface area contributed by atoms with Gasteiger partial charge >= 0.3 is 0 Å². The van der Waals surface area contributed by atoms with Crippen molar-refractivity contribution in [2.75, 3.05) is 26.2 Å². The third-order valence-corrected chi connectivity index (χ3v) is 1.49. The van der Waals surface area contributed by atoms with E-state index in [1.807, 2.05) is 0 Å². The Bertz CT molecular complexity index is 121. The SMILES string of the molecule is [N-]=[N+](O)N(CCCN)CCCN. The van der Waals surface area contributed by atoms with Crippen molar-refractivity contribution in [2.24, 2.45) is 11.5 Å². The predicted molar refractivity (Wildman–Crippen MR) is 44.3 cm³/mol. The molecule has 0 heterocycles. The summed E-state index contributed by atoms with van der Waals surface area (Å²) in [5.74, 6) is 0. The predicted octanol–water partition coefficient (Wildman–Crippen LogP) is -0.676. The summed E-state index contributed by atoms with van der Waals surface area (Å²) in [6, 6.07) is 0. The molecular formula is C6H17N5O. The van der Waals surface area contributed by atoms with E-state index in [1.54, 1.807) is 0 Å². The highest BCUT2D eigenvalue weighted by Gasteiger charge is 2.04. The minimum absolute atomic E-state index is 0.103. The van der Waals surface area contributed by atoms with Gasteiger partial charge in [0.2, 0.25) is 0 Å². The molecule has 0 fully saturated rings. The zero-order valence-electron chi connectivity index (χ0n) is 7.19. The largest absolute Gasteiger partial charge is 0.330 e. The fourth-order valence-electron chi connectivity index (χ4n) is 0.838. The van der Waals surface area contributed by atoms with E-state index in [9.17, 15) is 0 Å². The van der Waals surface area contributed by atoms with Gasteiger partial charge < -0.3 is 11.5 Å². The van der Waals surface area contributed by atoms with Gasteiger partial charge in [0.25, 0.3) is 0 Å². The van der Waals surface area contributed by atoms with Crippen molar-refractivity contribution >= 4 is 0 Å². The standard InChI is InChI=1S/C6H17N5O/c7-3-1-5-10(11(9)12)6-2-4-8/h12H,1-8H2. The molecule has 0 rings (SSSR count). The number of rotatable bonds is 7. The lowest BCUT2D eigenvalue weighted by molar-refractivity contribution is -0.902. The van der Waals surface area contributed by atoms with Crippen LogP contribution >= 0.6 is 0 Å². The number of nitrogens with zero attached hydrogens (tertiary/aromatic N) is 3. The van der Waals surface area contributed by atoms with Crippen LogP contribution in [0.2, 0.25) is 0 Å². The van der Waals surface area contributed by atoms with E-state index in [-0.39, 0.29) is 4.97 Å². The van der Waals surface area contributed by atoms with Gasteiger partial charge in [0.1, 0.15) is 0 Å². The van der Waals surface area contributed by atoms with Crippen LogP contribution in [0.5, 0.6) is 0 Å². The third kappa shape index (κ3) is 4.86. The van der Waals surface area contributed by atoms with Gasteiger partial charge in [0.15, 0.2) is 0 Å². The van der Waals surface area contributed by atoms with Gasteiger partial charge in [-0.25, -0.2) is 5.01 Å². The molecule has 0 aliphatic carbocycles. The van der Waals surface area contributed by atoms with Gasteiger partial charge in [-0.15, -0.1) is 0 Å². The Labute approximate surface area is 72.2 Å². The van der Waals surface area contributed by atoms with Gasteiger partial charge in [-0.2, -0.15) is 0 Å². The second-order valence-electron chi connectivity index (χ2n) is 2.51. The minimum Gasteiger partial charge on any atom is -0.330 e. The van der Waals surface area contributed by atoms with E-state index >= 15 is 0 Å². The monoisotopic (exact) mass is 175 g/mol. The molecule has 6 heteroatoms. The first-order valence-electron chi connectivity index (χ1n) is 4.05.